The maximum Gasteiger partial charge on any atom is 0.333 e. The first-order valence-electron chi connectivity index (χ1n) is 8.72. The molecule has 1 atom stereocenters. The second-order valence-corrected chi connectivity index (χ2v) is 6.83. The topological polar surface area (TPSA) is 171 Å². The summed E-state index contributed by atoms with van der Waals surface area (Å²) in [6.45, 7) is 1.38. The molecule has 0 amide bonds. The third-order valence-electron chi connectivity index (χ3n) is 4.62. The molecule has 3 rings (SSSR count). The van der Waals surface area contributed by atoms with Crippen molar-refractivity contribution in [3.05, 3.63) is 41.7 Å². The van der Waals surface area contributed by atoms with Crippen molar-refractivity contribution >= 4 is 22.8 Å². The largest absolute Gasteiger partial charge is 0.493 e. The average molecular weight is 420 g/mol. The van der Waals surface area contributed by atoms with E-state index in [-0.39, 0.29) is 23.7 Å². The van der Waals surface area contributed by atoms with Gasteiger partial charge in [0.2, 0.25) is 11.6 Å². The van der Waals surface area contributed by atoms with Crippen LogP contribution < -0.4 is 22.5 Å². The Morgan fingerprint density at radius 2 is 1.47 bits per heavy atom. The van der Waals surface area contributed by atoms with E-state index in [0.29, 0.717) is 0 Å². The number of aliphatic hydroxyl groups is 1. The number of hydrogen-bond donors (Lipinski definition) is 2. The van der Waals surface area contributed by atoms with E-state index >= 15 is 0 Å². The summed E-state index contributed by atoms with van der Waals surface area (Å²) in [4.78, 5) is 53.1. The summed E-state index contributed by atoms with van der Waals surface area (Å²) >= 11 is 0. The Kier molecular flexibility index (Phi) is 5.03. The van der Waals surface area contributed by atoms with Gasteiger partial charge in [0.25, 0.3) is 17.1 Å². The lowest BCUT2D eigenvalue weighted by atomic mass is 10.4. The Morgan fingerprint density at radius 3 is 2.07 bits per heavy atom. The van der Waals surface area contributed by atoms with Gasteiger partial charge < -0.3 is 10.2 Å². The maximum absolute atomic E-state index is 12.6. The Morgan fingerprint density at radius 1 is 0.900 bits per heavy atom. The molecule has 0 unspecified atom stereocenters. The summed E-state index contributed by atoms with van der Waals surface area (Å²) in [5.74, 6) is -0.882. The molecule has 14 heteroatoms. The SMILES string of the molecule is C[C@@H](O)Cn1c(N=Nc2c(O)n(C)c(=O)n(C)c2=O)nc2c1c(=O)n(C)c(=O)n2C. The van der Waals surface area contributed by atoms with Crippen LogP contribution in [0.1, 0.15) is 6.92 Å². The number of imidazole rings is 1. The van der Waals surface area contributed by atoms with E-state index in [1.807, 2.05) is 0 Å². The van der Waals surface area contributed by atoms with Crippen LogP contribution in [0, 0.1) is 0 Å². The second kappa shape index (κ2) is 7.22. The quantitative estimate of drug-likeness (QED) is 0.475. The van der Waals surface area contributed by atoms with Crippen molar-refractivity contribution in [1.82, 2.24) is 27.8 Å². The number of rotatable bonds is 4. The van der Waals surface area contributed by atoms with E-state index in [4.69, 9.17) is 0 Å². The number of azo groups is 1. The van der Waals surface area contributed by atoms with Crippen LogP contribution in [0.25, 0.3) is 11.2 Å². The zero-order valence-corrected chi connectivity index (χ0v) is 16.9. The number of hydrogen-bond acceptors (Lipinski definition) is 9. The zero-order chi connectivity index (χ0) is 22.5. The molecule has 0 aliphatic carbocycles. The van der Waals surface area contributed by atoms with E-state index in [0.717, 1.165) is 18.3 Å². The molecule has 3 heterocycles. The third kappa shape index (κ3) is 3.06. The zero-order valence-electron chi connectivity index (χ0n) is 16.9. The van der Waals surface area contributed by atoms with Gasteiger partial charge >= 0.3 is 11.4 Å². The number of nitrogens with zero attached hydrogens (tertiary/aromatic N) is 8. The summed E-state index contributed by atoms with van der Waals surface area (Å²) in [6, 6.07) is 0. The summed E-state index contributed by atoms with van der Waals surface area (Å²) in [5.41, 5.74) is -3.40. The van der Waals surface area contributed by atoms with Gasteiger partial charge in [0.15, 0.2) is 11.2 Å². The van der Waals surface area contributed by atoms with E-state index in [9.17, 15) is 29.4 Å². The fraction of sp³-hybridized carbons (Fsp3) is 0.438. The van der Waals surface area contributed by atoms with Gasteiger partial charge in [0.1, 0.15) is 0 Å². The Bertz CT molecular complexity index is 1430. The van der Waals surface area contributed by atoms with Crippen LogP contribution in [0.5, 0.6) is 5.88 Å². The lowest BCUT2D eigenvalue weighted by molar-refractivity contribution is 0.175. The molecule has 0 fully saturated rings. The van der Waals surface area contributed by atoms with Crippen molar-refractivity contribution in [2.24, 2.45) is 38.4 Å². The standard InChI is InChI=1S/C16H20N8O6/c1-7(25)6-24-9-10(20(2)15(29)23(5)13(9)28)17-14(24)19-18-8-11(26)21(3)16(30)22(4)12(8)27/h7,25-26H,6H2,1-5H3/t7-/m1/s1. The van der Waals surface area contributed by atoms with Gasteiger partial charge in [-0.15, -0.1) is 10.2 Å². The molecule has 0 saturated carbocycles. The molecule has 0 aromatic carbocycles. The number of aliphatic hydroxyl groups excluding tert-OH is 1. The van der Waals surface area contributed by atoms with Gasteiger partial charge in [0.05, 0.1) is 12.6 Å². The van der Waals surface area contributed by atoms with Crippen LogP contribution in [-0.2, 0) is 34.7 Å². The van der Waals surface area contributed by atoms with Crippen LogP contribution in [-0.4, -0.2) is 44.1 Å². The molecule has 0 aliphatic rings. The summed E-state index contributed by atoms with van der Waals surface area (Å²) in [6.07, 6.45) is -0.905. The molecule has 160 valence electrons. The number of fused-ring (bicyclic) bond motifs is 1. The van der Waals surface area contributed by atoms with Crippen molar-refractivity contribution in [1.29, 1.82) is 0 Å². The first kappa shape index (κ1) is 20.9. The van der Waals surface area contributed by atoms with Crippen molar-refractivity contribution in [2.75, 3.05) is 0 Å². The average Bonchev–Trinajstić information content (AvgIpc) is 3.05. The van der Waals surface area contributed by atoms with Crippen LogP contribution >= 0.6 is 0 Å². The van der Waals surface area contributed by atoms with E-state index in [2.05, 4.69) is 15.2 Å². The van der Waals surface area contributed by atoms with Crippen LogP contribution in [0.4, 0.5) is 11.6 Å². The molecule has 14 nitrogen and oxygen atoms in total. The van der Waals surface area contributed by atoms with E-state index in [1.165, 1.54) is 39.7 Å². The Balaban J connectivity index is 2.33. The Hall–Kier alpha value is -3.81. The van der Waals surface area contributed by atoms with Crippen molar-refractivity contribution in [2.45, 2.75) is 19.6 Å². The fourth-order valence-corrected chi connectivity index (χ4v) is 2.95. The van der Waals surface area contributed by atoms with Gasteiger partial charge in [-0.25, -0.2) is 9.59 Å². The molecule has 0 radical (unpaired) electrons. The molecule has 3 aromatic heterocycles. The highest BCUT2D eigenvalue weighted by atomic mass is 16.3. The molecule has 0 spiro atoms. The first-order chi connectivity index (χ1) is 14.0. The molecular weight excluding hydrogens is 400 g/mol. The van der Waals surface area contributed by atoms with E-state index in [1.54, 1.807) is 0 Å². The highest BCUT2D eigenvalue weighted by Gasteiger charge is 2.21. The lowest BCUT2D eigenvalue weighted by Crippen LogP contribution is -2.37. The monoisotopic (exact) mass is 420 g/mol. The molecule has 0 aliphatic heterocycles. The molecule has 30 heavy (non-hydrogen) atoms. The normalized spacial score (nSPS) is 12.9. The van der Waals surface area contributed by atoms with Crippen LogP contribution in [0.15, 0.2) is 29.4 Å². The lowest BCUT2D eigenvalue weighted by Gasteiger charge is -2.09. The minimum absolute atomic E-state index is 0.00651. The van der Waals surface area contributed by atoms with Crippen molar-refractivity contribution in [3.8, 4) is 5.88 Å². The molecule has 3 aromatic rings. The first-order valence-corrected chi connectivity index (χ1v) is 8.72. The van der Waals surface area contributed by atoms with E-state index < -0.39 is 40.2 Å². The van der Waals surface area contributed by atoms with Crippen LogP contribution in [0.3, 0.4) is 0 Å². The minimum Gasteiger partial charge on any atom is -0.493 e. The van der Waals surface area contributed by atoms with Crippen molar-refractivity contribution < 1.29 is 10.2 Å². The summed E-state index contributed by atoms with van der Waals surface area (Å²) in [7, 11) is 5.18. The van der Waals surface area contributed by atoms with Gasteiger partial charge in [-0.1, -0.05) is 0 Å². The summed E-state index contributed by atoms with van der Waals surface area (Å²) in [5, 5.41) is 27.5. The van der Waals surface area contributed by atoms with Gasteiger partial charge in [-0.2, -0.15) is 4.98 Å². The highest BCUT2D eigenvalue weighted by molar-refractivity contribution is 5.73. The second-order valence-electron chi connectivity index (χ2n) is 6.83. The van der Waals surface area contributed by atoms with Gasteiger partial charge in [0, 0.05) is 28.2 Å². The Labute approximate surface area is 167 Å². The molecule has 2 N–H and O–H groups in total. The number of aromatic nitrogens is 6. The number of aryl methyl sites for hydroxylation is 1. The van der Waals surface area contributed by atoms with Crippen molar-refractivity contribution in [3.63, 3.8) is 0 Å². The van der Waals surface area contributed by atoms with Crippen LogP contribution in [0.2, 0.25) is 0 Å². The predicted molar refractivity (Wildman–Crippen MR) is 105 cm³/mol. The molecule has 0 saturated heterocycles. The maximum atomic E-state index is 12.6. The van der Waals surface area contributed by atoms with Gasteiger partial charge in [-0.05, 0) is 6.92 Å². The minimum atomic E-state index is -0.905. The third-order valence-corrected chi connectivity index (χ3v) is 4.62. The molecule has 0 bridgehead atoms. The highest BCUT2D eigenvalue weighted by Crippen LogP contribution is 2.24. The number of aromatic hydroxyl groups is 1. The molecular formula is C16H20N8O6. The smallest absolute Gasteiger partial charge is 0.333 e. The van der Waals surface area contributed by atoms with Gasteiger partial charge in [-0.3, -0.25) is 32.4 Å². The fourth-order valence-electron chi connectivity index (χ4n) is 2.95. The summed E-state index contributed by atoms with van der Waals surface area (Å²) < 4.78 is 4.84. The predicted octanol–water partition coefficient (Wildman–Crippen LogP) is -1.67.